The third-order valence-electron chi connectivity index (χ3n) is 4.38. The first-order chi connectivity index (χ1) is 14.1. The molecule has 2 aromatic rings. The number of ether oxygens (including phenoxy) is 1. The fourth-order valence-electron chi connectivity index (χ4n) is 2.92. The third-order valence-corrected chi connectivity index (χ3v) is 4.88. The van der Waals surface area contributed by atoms with Gasteiger partial charge in [0.2, 0.25) is 0 Å². The summed E-state index contributed by atoms with van der Waals surface area (Å²) in [4.78, 5) is 11.5. The lowest BCUT2D eigenvalue weighted by molar-refractivity contribution is -0.157. The topological polar surface area (TPSA) is 50.4 Å². The van der Waals surface area contributed by atoms with Crippen LogP contribution in [0.15, 0.2) is 42.5 Å². The standard InChI is InChI=1S/C20H16Cl2F4N2O2/c21-13-7-11(5-6-14-9-17(20(24,25)26)28-19(29)27-14)18(15(22)8-13)30-10-12-3-1-2-4-16(12)23/h1-8,14,17H,9-10H2,(H2,27,28,29)/b6-5+. The summed E-state index contributed by atoms with van der Waals surface area (Å²) in [6.45, 7) is -0.116. The Hall–Kier alpha value is -2.45. The number of urea groups is 1. The monoisotopic (exact) mass is 462 g/mol. The van der Waals surface area contributed by atoms with Crippen LogP contribution >= 0.6 is 23.2 Å². The summed E-state index contributed by atoms with van der Waals surface area (Å²) >= 11 is 12.2. The normalized spacial score (nSPS) is 19.5. The Morgan fingerprint density at radius 1 is 1.17 bits per heavy atom. The molecule has 1 fully saturated rings. The zero-order valence-electron chi connectivity index (χ0n) is 15.3. The summed E-state index contributed by atoms with van der Waals surface area (Å²) < 4.78 is 58.4. The van der Waals surface area contributed by atoms with E-state index >= 15 is 0 Å². The highest BCUT2D eigenvalue weighted by molar-refractivity contribution is 6.35. The van der Waals surface area contributed by atoms with Crippen molar-refractivity contribution >= 4 is 35.3 Å². The number of amides is 2. The minimum atomic E-state index is -4.56. The maximum atomic E-state index is 13.8. The van der Waals surface area contributed by atoms with E-state index in [4.69, 9.17) is 27.9 Å². The highest BCUT2D eigenvalue weighted by atomic mass is 35.5. The number of benzene rings is 2. The fourth-order valence-corrected chi connectivity index (χ4v) is 3.49. The van der Waals surface area contributed by atoms with Crippen LogP contribution in [0.1, 0.15) is 17.5 Å². The molecule has 1 aliphatic rings. The molecule has 0 spiro atoms. The molecule has 0 aliphatic carbocycles. The average molecular weight is 463 g/mol. The van der Waals surface area contributed by atoms with Gasteiger partial charge in [0.15, 0.2) is 0 Å². The number of rotatable bonds is 5. The minimum Gasteiger partial charge on any atom is -0.487 e. The van der Waals surface area contributed by atoms with Gasteiger partial charge in [-0.3, -0.25) is 0 Å². The van der Waals surface area contributed by atoms with Gasteiger partial charge in [0.05, 0.1) is 11.1 Å². The Morgan fingerprint density at radius 2 is 1.90 bits per heavy atom. The van der Waals surface area contributed by atoms with Crippen LogP contribution in [0.5, 0.6) is 5.75 Å². The largest absolute Gasteiger partial charge is 0.487 e. The van der Waals surface area contributed by atoms with Crippen LogP contribution in [0.4, 0.5) is 22.4 Å². The van der Waals surface area contributed by atoms with E-state index in [-0.39, 0.29) is 28.8 Å². The molecule has 2 N–H and O–H groups in total. The van der Waals surface area contributed by atoms with Gasteiger partial charge in [-0.1, -0.05) is 53.6 Å². The smallest absolute Gasteiger partial charge is 0.408 e. The van der Waals surface area contributed by atoms with Crippen molar-refractivity contribution in [3.8, 4) is 5.75 Å². The predicted octanol–water partition coefficient (Wildman–Crippen LogP) is 5.73. The van der Waals surface area contributed by atoms with E-state index in [2.05, 4.69) is 5.32 Å². The Morgan fingerprint density at radius 3 is 2.60 bits per heavy atom. The van der Waals surface area contributed by atoms with Crippen molar-refractivity contribution in [3.05, 3.63) is 69.5 Å². The van der Waals surface area contributed by atoms with Gasteiger partial charge in [-0.25, -0.2) is 9.18 Å². The quantitative estimate of drug-likeness (QED) is 0.557. The molecule has 1 aliphatic heterocycles. The highest BCUT2D eigenvalue weighted by Gasteiger charge is 2.44. The first-order valence-corrected chi connectivity index (χ1v) is 9.56. The summed E-state index contributed by atoms with van der Waals surface area (Å²) in [5.41, 5.74) is 0.678. The highest BCUT2D eigenvalue weighted by Crippen LogP contribution is 2.34. The van der Waals surface area contributed by atoms with Crippen LogP contribution in [0.25, 0.3) is 6.08 Å². The second-order valence-corrected chi connectivity index (χ2v) is 7.44. The molecule has 0 saturated carbocycles. The molecule has 30 heavy (non-hydrogen) atoms. The molecule has 10 heteroatoms. The van der Waals surface area contributed by atoms with Crippen LogP contribution in [-0.4, -0.2) is 24.3 Å². The Labute approximate surface area is 179 Å². The molecule has 1 saturated heterocycles. The van der Waals surface area contributed by atoms with E-state index < -0.39 is 30.1 Å². The van der Waals surface area contributed by atoms with E-state index in [1.54, 1.807) is 18.2 Å². The average Bonchev–Trinajstić information content (AvgIpc) is 2.65. The molecule has 2 aromatic carbocycles. The van der Waals surface area contributed by atoms with Crippen LogP contribution < -0.4 is 15.4 Å². The molecule has 2 unspecified atom stereocenters. The lowest BCUT2D eigenvalue weighted by Crippen LogP contribution is -2.58. The van der Waals surface area contributed by atoms with Crippen molar-refractivity contribution in [1.82, 2.24) is 10.6 Å². The summed E-state index contributed by atoms with van der Waals surface area (Å²) in [5, 5.41) is 4.69. The van der Waals surface area contributed by atoms with Crippen LogP contribution in [0, 0.1) is 5.82 Å². The maximum Gasteiger partial charge on any atom is 0.408 e. The van der Waals surface area contributed by atoms with E-state index in [1.165, 1.54) is 30.4 Å². The summed E-state index contributed by atoms with van der Waals surface area (Å²) in [5.74, 6) is -0.261. The SMILES string of the molecule is O=C1NC(/C=C/c2cc(Cl)cc(Cl)c2OCc2ccccc2F)CC(C(F)(F)F)N1. The van der Waals surface area contributed by atoms with Gasteiger partial charge in [-0.2, -0.15) is 13.2 Å². The first kappa shape index (κ1) is 22.2. The van der Waals surface area contributed by atoms with Gasteiger partial charge >= 0.3 is 12.2 Å². The van der Waals surface area contributed by atoms with E-state index in [0.29, 0.717) is 11.1 Å². The number of carbonyl (C=O) groups excluding carboxylic acids is 1. The van der Waals surface area contributed by atoms with Crippen molar-refractivity contribution in [1.29, 1.82) is 0 Å². The van der Waals surface area contributed by atoms with Gasteiger partial charge in [-0.05, 0) is 18.2 Å². The van der Waals surface area contributed by atoms with Crippen LogP contribution in [-0.2, 0) is 6.61 Å². The summed E-state index contributed by atoms with van der Waals surface area (Å²) in [6.07, 6.45) is -2.09. The van der Waals surface area contributed by atoms with Crippen LogP contribution in [0.3, 0.4) is 0 Å². The molecular weight excluding hydrogens is 447 g/mol. The number of halogens is 6. The molecular formula is C20H16Cl2F4N2O2. The van der Waals surface area contributed by atoms with Crippen molar-refractivity contribution in [2.45, 2.75) is 31.3 Å². The molecule has 4 nitrogen and oxygen atoms in total. The van der Waals surface area contributed by atoms with Crippen molar-refractivity contribution in [2.75, 3.05) is 0 Å². The number of hydrogen-bond acceptors (Lipinski definition) is 2. The predicted molar refractivity (Wildman–Crippen MR) is 106 cm³/mol. The van der Waals surface area contributed by atoms with Gasteiger partial charge < -0.3 is 15.4 Å². The zero-order valence-corrected chi connectivity index (χ0v) is 16.8. The summed E-state index contributed by atoms with van der Waals surface area (Å²) in [7, 11) is 0. The Bertz CT molecular complexity index is 966. The molecule has 0 bridgehead atoms. The molecule has 2 atom stereocenters. The van der Waals surface area contributed by atoms with Gasteiger partial charge in [-0.15, -0.1) is 0 Å². The number of alkyl halides is 3. The lowest BCUT2D eigenvalue weighted by Gasteiger charge is -2.30. The number of carbonyl (C=O) groups is 1. The number of nitrogens with one attached hydrogen (secondary N) is 2. The molecule has 3 rings (SSSR count). The van der Waals surface area contributed by atoms with Crippen molar-refractivity contribution in [2.24, 2.45) is 0 Å². The maximum absolute atomic E-state index is 13.8. The first-order valence-electron chi connectivity index (χ1n) is 8.80. The number of hydrogen-bond donors (Lipinski definition) is 2. The van der Waals surface area contributed by atoms with Gasteiger partial charge in [0, 0.05) is 22.6 Å². The van der Waals surface area contributed by atoms with E-state index in [0.717, 1.165) is 0 Å². The van der Waals surface area contributed by atoms with E-state index in [1.807, 2.05) is 5.32 Å². The second kappa shape index (κ2) is 9.14. The molecule has 0 radical (unpaired) electrons. The molecule has 160 valence electrons. The minimum absolute atomic E-state index is 0.116. The zero-order chi connectivity index (χ0) is 21.9. The molecule has 2 amide bonds. The third kappa shape index (κ3) is 5.58. The lowest BCUT2D eigenvalue weighted by atomic mass is 10.0. The van der Waals surface area contributed by atoms with Crippen molar-refractivity contribution in [3.63, 3.8) is 0 Å². The Kier molecular flexibility index (Phi) is 6.77. The van der Waals surface area contributed by atoms with Gasteiger partial charge in [0.1, 0.15) is 24.2 Å². The summed E-state index contributed by atoms with van der Waals surface area (Å²) in [6, 6.07) is 5.23. The second-order valence-electron chi connectivity index (χ2n) is 6.60. The van der Waals surface area contributed by atoms with Crippen LogP contribution in [0.2, 0.25) is 10.0 Å². The fraction of sp³-hybridized carbons (Fsp3) is 0.250. The Balaban J connectivity index is 1.81. The van der Waals surface area contributed by atoms with E-state index in [9.17, 15) is 22.4 Å². The van der Waals surface area contributed by atoms with Gasteiger partial charge in [0.25, 0.3) is 0 Å². The molecule has 1 heterocycles. The van der Waals surface area contributed by atoms with Crippen molar-refractivity contribution < 1.29 is 27.1 Å². The molecule has 0 aromatic heterocycles.